The zero-order valence-electron chi connectivity index (χ0n) is 9.79. The van der Waals surface area contributed by atoms with Gasteiger partial charge in [0, 0.05) is 11.2 Å². The first kappa shape index (κ1) is 11.2. The van der Waals surface area contributed by atoms with E-state index in [1.54, 1.807) is 0 Å². The third kappa shape index (κ3) is 1.98. The first-order valence-corrected chi connectivity index (χ1v) is 5.81. The van der Waals surface area contributed by atoms with Gasteiger partial charge in [0.1, 0.15) is 0 Å². The Bertz CT molecular complexity index is 495. The number of nitrogens with zero attached hydrogens (tertiary/aromatic N) is 2. The summed E-state index contributed by atoms with van der Waals surface area (Å²) < 4.78 is 1.87. The highest BCUT2D eigenvalue weighted by Gasteiger charge is 2.04. The summed E-state index contributed by atoms with van der Waals surface area (Å²) in [6, 6.07) is 6.08. The molecule has 1 aromatic carbocycles. The number of hydrogen-bond donors (Lipinski definition) is 0. The molecule has 0 bridgehead atoms. The molecule has 2 nitrogen and oxygen atoms in total. The van der Waals surface area contributed by atoms with Crippen LogP contribution in [0.25, 0.3) is 5.69 Å². The molecule has 0 amide bonds. The molecule has 84 valence electrons. The largest absolute Gasteiger partial charge is 0.240 e. The van der Waals surface area contributed by atoms with Crippen LogP contribution in [0.1, 0.15) is 23.7 Å². The van der Waals surface area contributed by atoms with Crippen molar-refractivity contribution in [1.82, 2.24) is 9.78 Å². The maximum absolute atomic E-state index is 6.18. The van der Waals surface area contributed by atoms with Crippen LogP contribution in [0.15, 0.2) is 24.4 Å². The van der Waals surface area contributed by atoms with Crippen LogP contribution < -0.4 is 0 Å². The quantitative estimate of drug-likeness (QED) is 0.775. The molecule has 16 heavy (non-hydrogen) atoms. The molecule has 0 fully saturated rings. The number of benzene rings is 1. The van der Waals surface area contributed by atoms with Gasteiger partial charge in [0.25, 0.3) is 0 Å². The molecule has 2 rings (SSSR count). The summed E-state index contributed by atoms with van der Waals surface area (Å²) in [6.45, 7) is 6.16. The van der Waals surface area contributed by atoms with Gasteiger partial charge in [-0.15, -0.1) is 0 Å². The van der Waals surface area contributed by atoms with Gasteiger partial charge in [-0.3, -0.25) is 0 Å². The van der Waals surface area contributed by atoms with E-state index in [1.807, 2.05) is 23.9 Å². The van der Waals surface area contributed by atoms with Gasteiger partial charge in [0.15, 0.2) is 0 Å². The van der Waals surface area contributed by atoms with Gasteiger partial charge < -0.3 is 0 Å². The third-order valence-electron chi connectivity index (χ3n) is 2.83. The second-order valence-electron chi connectivity index (χ2n) is 3.97. The van der Waals surface area contributed by atoms with E-state index in [9.17, 15) is 0 Å². The van der Waals surface area contributed by atoms with Crippen molar-refractivity contribution in [2.24, 2.45) is 0 Å². The van der Waals surface area contributed by atoms with E-state index in [0.717, 1.165) is 22.8 Å². The van der Waals surface area contributed by atoms with Crippen LogP contribution >= 0.6 is 11.6 Å². The Hall–Kier alpha value is -1.28. The van der Waals surface area contributed by atoms with Crippen molar-refractivity contribution in [2.75, 3.05) is 0 Å². The van der Waals surface area contributed by atoms with Crippen molar-refractivity contribution in [3.8, 4) is 5.69 Å². The smallest absolute Gasteiger partial charge is 0.0660 e. The van der Waals surface area contributed by atoms with Crippen molar-refractivity contribution in [3.63, 3.8) is 0 Å². The normalized spacial score (nSPS) is 10.8. The lowest BCUT2D eigenvalue weighted by atomic mass is 10.1. The molecule has 0 atom stereocenters. The fourth-order valence-electron chi connectivity index (χ4n) is 1.64. The van der Waals surface area contributed by atoms with Crippen LogP contribution in [-0.2, 0) is 6.42 Å². The van der Waals surface area contributed by atoms with Crippen LogP contribution in [0.5, 0.6) is 0 Å². The molecule has 0 aliphatic heterocycles. The van der Waals surface area contributed by atoms with Gasteiger partial charge in [-0.05, 0) is 43.5 Å². The molecule has 3 heteroatoms. The second kappa shape index (κ2) is 4.30. The topological polar surface area (TPSA) is 17.8 Å². The predicted octanol–water partition coefficient (Wildman–Crippen LogP) is 3.70. The summed E-state index contributed by atoms with van der Waals surface area (Å²) in [5, 5.41) is 5.25. The van der Waals surface area contributed by atoms with Crippen LogP contribution in [0.2, 0.25) is 5.02 Å². The maximum atomic E-state index is 6.18. The van der Waals surface area contributed by atoms with Gasteiger partial charge >= 0.3 is 0 Å². The zero-order chi connectivity index (χ0) is 11.7. The van der Waals surface area contributed by atoms with Gasteiger partial charge in [-0.25, -0.2) is 4.68 Å². The Morgan fingerprint density at radius 3 is 2.56 bits per heavy atom. The lowest BCUT2D eigenvalue weighted by Crippen LogP contribution is -1.95. The van der Waals surface area contributed by atoms with E-state index in [2.05, 4.69) is 31.1 Å². The lowest BCUT2D eigenvalue weighted by Gasteiger charge is -2.05. The molecule has 0 saturated carbocycles. The monoisotopic (exact) mass is 234 g/mol. The molecule has 1 heterocycles. The number of aromatic nitrogens is 2. The average molecular weight is 235 g/mol. The molecular weight excluding hydrogens is 220 g/mol. The van der Waals surface area contributed by atoms with Crippen LogP contribution in [-0.4, -0.2) is 9.78 Å². The highest BCUT2D eigenvalue weighted by Crippen LogP contribution is 2.21. The molecule has 0 radical (unpaired) electrons. The fraction of sp³-hybridized carbons (Fsp3) is 0.308. The van der Waals surface area contributed by atoms with Crippen molar-refractivity contribution < 1.29 is 0 Å². The Morgan fingerprint density at radius 1 is 1.31 bits per heavy atom. The minimum atomic E-state index is 0.811. The van der Waals surface area contributed by atoms with Crippen LogP contribution in [0.4, 0.5) is 0 Å². The molecular formula is C13H15ClN2. The van der Waals surface area contributed by atoms with Gasteiger partial charge in [0.2, 0.25) is 0 Å². The third-order valence-corrected chi connectivity index (χ3v) is 3.18. The molecule has 0 spiro atoms. The predicted molar refractivity (Wildman–Crippen MR) is 67.4 cm³/mol. The van der Waals surface area contributed by atoms with Crippen molar-refractivity contribution in [2.45, 2.75) is 27.2 Å². The second-order valence-corrected chi connectivity index (χ2v) is 4.38. The highest BCUT2D eigenvalue weighted by molar-refractivity contribution is 6.31. The molecule has 0 N–H and O–H groups in total. The van der Waals surface area contributed by atoms with Crippen LogP contribution in [0.3, 0.4) is 0 Å². The molecule has 0 aliphatic carbocycles. The summed E-state index contributed by atoms with van der Waals surface area (Å²) in [5.74, 6) is 0. The summed E-state index contributed by atoms with van der Waals surface area (Å²) in [4.78, 5) is 0. The number of halogens is 1. The first-order chi connectivity index (χ1) is 7.61. The minimum Gasteiger partial charge on any atom is -0.240 e. The Labute approximate surface area is 101 Å². The fourth-order valence-corrected chi connectivity index (χ4v) is 1.95. The summed E-state index contributed by atoms with van der Waals surface area (Å²) in [6.07, 6.45) is 2.98. The summed E-state index contributed by atoms with van der Waals surface area (Å²) in [5.41, 5.74) is 4.43. The summed E-state index contributed by atoms with van der Waals surface area (Å²) >= 11 is 6.18. The van der Waals surface area contributed by atoms with Crippen LogP contribution in [0, 0.1) is 13.8 Å². The van der Waals surface area contributed by atoms with E-state index in [-0.39, 0.29) is 0 Å². The molecule has 1 aromatic heterocycles. The van der Waals surface area contributed by atoms with Crippen molar-refractivity contribution in [3.05, 3.63) is 46.2 Å². The Morgan fingerprint density at radius 2 is 2.06 bits per heavy atom. The Kier molecular flexibility index (Phi) is 3.01. The zero-order valence-corrected chi connectivity index (χ0v) is 10.5. The van der Waals surface area contributed by atoms with E-state index >= 15 is 0 Å². The van der Waals surface area contributed by atoms with Gasteiger partial charge in [-0.1, -0.05) is 24.6 Å². The number of rotatable bonds is 2. The van der Waals surface area contributed by atoms with Gasteiger partial charge in [0.05, 0.1) is 11.4 Å². The minimum absolute atomic E-state index is 0.811. The van der Waals surface area contributed by atoms with Crippen molar-refractivity contribution >= 4 is 11.6 Å². The average Bonchev–Trinajstić information content (AvgIpc) is 2.59. The number of aryl methyl sites for hydroxylation is 3. The SMILES string of the molecule is CCc1ccc(-n2cc(C)c(C)n2)cc1Cl. The lowest BCUT2D eigenvalue weighted by molar-refractivity contribution is 0.861. The maximum Gasteiger partial charge on any atom is 0.0660 e. The van der Waals surface area contributed by atoms with Gasteiger partial charge in [-0.2, -0.15) is 5.10 Å². The molecule has 0 saturated heterocycles. The standard InChI is InChI=1S/C13H15ClN2/c1-4-11-5-6-12(7-13(11)14)16-8-9(2)10(3)15-16/h5-8H,4H2,1-3H3. The Balaban J connectivity index is 2.45. The van der Waals surface area contributed by atoms with E-state index in [1.165, 1.54) is 11.1 Å². The molecule has 0 unspecified atom stereocenters. The van der Waals surface area contributed by atoms with E-state index in [0.29, 0.717) is 0 Å². The van der Waals surface area contributed by atoms with E-state index < -0.39 is 0 Å². The molecule has 2 aromatic rings. The van der Waals surface area contributed by atoms with Crippen molar-refractivity contribution in [1.29, 1.82) is 0 Å². The number of hydrogen-bond acceptors (Lipinski definition) is 1. The highest BCUT2D eigenvalue weighted by atomic mass is 35.5. The molecule has 0 aliphatic rings. The van der Waals surface area contributed by atoms with E-state index in [4.69, 9.17) is 11.6 Å². The first-order valence-electron chi connectivity index (χ1n) is 5.43. The summed E-state index contributed by atoms with van der Waals surface area (Å²) in [7, 11) is 0.